The summed E-state index contributed by atoms with van der Waals surface area (Å²) in [5, 5.41) is 4.99. The van der Waals surface area contributed by atoms with Crippen molar-refractivity contribution in [2.24, 2.45) is 5.92 Å². The third-order valence-corrected chi connectivity index (χ3v) is 6.00. The molecule has 1 atom stereocenters. The molecule has 7 heteroatoms. The third-order valence-electron chi connectivity index (χ3n) is 5.15. The highest BCUT2D eigenvalue weighted by molar-refractivity contribution is 7.12. The summed E-state index contributed by atoms with van der Waals surface area (Å²) in [5.41, 5.74) is 0.875. The molecule has 2 aromatic rings. The molecule has 3 rings (SSSR count). The summed E-state index contributed by atoms with van der Waals surface area (Å²) in [6, 6.07) is 9.07. The van der Waals surface area contributed by atoms with Crippen LogP contribution in [0.25, 0.3) is 0 Å². The smallest absolute Gasteiger partial charge is 0.263 e. The molecule has 1 aromatic heterocycles. The number of carbonyl (C=O) groups is 2. The van der Waals surface area contributed by atoms with E-state index in [1.165, 1.54) is 11.3 Å². The van der Waals surface area contributed by atoms with Gasteiger partial charge in [0.1, 0.15) is 11.5 Å². The lowest BCUT2D eigenvalue weighted by atomic mass is 9.95. The summed E-state index contributed by atoms with van der Waals surface area (Å²) in [6.45, 7) is 3.14. The quantitative estimate of drug-likeness (QED) is 0.803. The molecule has 0 aliphatic carbocycles. The maximum Gasteiger partial charge on any atom is 0.263 e. The van der Waals surface area contributed by atoms with Gasteiger partial charge in [-0.15, -0.1) is 11.3 Å². The second-order valence-corrected chi connectivity index (χ2v) is 7.83. The van der Waals surface area contributed by atoms with E-state index in [0.29, 0.717) is 31.7 Å². The van der Waals surface area contributed by atoms with Crippen molar-refractivity contribution in [1.82, 2.24) is 10.2 Å². The summed E-state index contributed by atoms with van der Waals surface area (Å²) in [6.07, 6.45) is 1.34. The zero-order valence-corrected chi connectivity index (χ0v) is 17.3. The molecular weight excluding hydrogens is 376 g/mol. The summed E-state index contributed by atoms with van der Waals surface area (Å²) in [4.78, 5) is 27.8. The lowest BCUT2D eigenvalue weighted by molar-refractivity contribution is -0.127. The first kappa shape index (κ1) is 20.2. The largest absolute Gasteiger partial charge is 0.497 e. The predicted octanol–water partition coefficient (Wildman–Crippen LogP) is 3.49. The van der Waals surface area contributed by atoms with Gasteiger partial charge in [0.2, 0.25) is 5.91 Å². The summed E-state index contributed by atoms with van der Waals surface area (Å²) < 4.78 is 10.7. The Bertz CT molecular complexity index is 814. The fraction of sp³-hybridized carbons (Fsp3) is 0.429. The zero-order chi connectivity index (χ0) is 20.1. The first-order chi connectivity index (χ1) is 13.5. The number of hydrogen-bond donors (Lipinski definition) is 1. The second-order valence-electron chi connectivity index (χ2n) is 6.88. The highest BCUT2D eigenvalue weighted by Crippen LogP contribution is 2.30. The molecule has 1 fully saturated rings. The normalized spacial score (nSPS) is 15.8. The van der Waals surface area contributed by atoms with Gasteiger partial charge in [0.05, 0.1) is 25.1 Å². The van der Waals surface area contributed by atoms with Crippen LogP contribution in [0.15, 0.2) is 35.7 Å². The van der Waals surface area contributed by atoms with Crippen LogP contribution in [0.4, 0.5) is 0 Å². The Hall–Kier alpha value is -2.54. The number of ether oxygens (including phenoxy) is 2. The van der Waals surface area contributed by atoms with Crippen molar-refractivity contribution >= 4 is 23.2 Å². The van der Waals surface area contributed by atoms with E-state index < -0.39 is 0 Å². The Balaban J connectivity index is 1.58. The standard InChI is InChI=1S/C21H26N2O4S/c1-14(17-13-16(26-2)6-7-18(17)27-3)22-20(24)15-8-10-23(11-9-15)21(25)19-5-4-12-28-19/h4-7,12-15H,8-11H2,1-3H3,(H,22,24)/t14-/m0/s1. The molecule has 0 saturated carbocycles. The molecular formula is C21H26N2O4S. The van der Waals surface area contributed by atoms with E-state index in [2.05, 4.69) is 5.32 Å². The minimum absolute atomic E-state index is 0.0144. The number of hydrogen-bond acceptors (Lipinski definition) is 5. The van der Waals surface area contributed by atoms with Crippen LogP contribution in [0, 0.1) is 5.92 Å². The number of methoxy groups -OCH3 is 2. The van der Waals surface area contributed by atoms with E-state index in [0.717, 1.165) is 16.2 Å². The van der Waals surface area contributed by atoms with E-state index in [1.54, 1.807) is 14.2 Å². The molecule has 1 N–H and O–H groups in total. The molecule has 1 saturated heterocycles. The highest BCUT2D eigenvalue weighted by atomic mass is 32.1. The van der Waals surface area contributed by atoms with Crippen molar-refractivity contribution in [1.29, 1.82) is 0 Å². The first-order valence-corrected chi connectivity index (χ1v) is 10.3. The van der Waals surface area contributed by atoms with Crippen LogP contribution in [0.3, 0.4) is 0 Å². The van der Waals surface area contributed by atoms with Crippen LogP contribution in [0.1, 0.15) is 41.0 Å². The van der Waals surface area contributed by atoms with Crippen molar-refractivity contribution < 1.29 is 19.1 Å². The van der Waals surface area contributed by atoms with Crippen LogP contribution in [0.2, 0.25) is 0 Å². The van der Waals surface area contributed by atoms with E-state index in [9.17, 15) is 9.59 Å². The van der Waals surface area contributed by atoms with Gasteiger partial charge in [0.15, 0.2) is 0 Å². The van der Waals surface area contributed by atoms with Crippen LogP contribution in [-0.2, 0) is 4.79 Å². The van der Waals surface area contributed by atoms with Crippen LogP contribution in [0.5, 0.6) is 11.5 Å². The maximum absolute atomic E-state index is 12.8. The molecule has 2 heterocycles. The van der Waals surface area contributed by atoms with Crippen molar-refractivity contribution in [2.45, 2.75) is 25.8 Å². The first-order valence-electron chi connectivity index (χ1n) is 9.38. The van der Waals surface area contributed by atoms with Gasteiger partial charge in [0.25, 0.3) is 5.91 Å². The fourth-order valence-corrected chi connectivity index (χ4v) is 4.18. The van der Waals surface area contributed by atoms with Crippen molar-refractivity contribution in [3.63, 3.8) is 0 Å². The van der Waals surface area contributed by atoms with Gasteiger partial charge in [-0.1, -0.05) is 6.07 Å². The van der Waals surface area contributed by atoms with Gasteiger partial charge in [-0.2, -0.15) is 0 Å². The van der Waals surface area contributed by atoms with Crippen LogP contribution >= 0.6 is 11.3 Å². The average molecular weight is 403 g/mol. The molecule has 0 radical (unpaired) electrons. The zero-order valence-electron chi connectivity index (χ0n) is 16.4. The Labute approximate surface area is 169 Å². The summed E-state index contributed by atoms with van der Waals surface area (Å²) in [7, 11) is 3.22. The minimum atomic E-state index is -0.205. The number of nitrogens with one attached hydrogen (secondary N) is 1. The lowest BCUT2D eigenvalue weighted by Crippen LogP contribution is -2.43. The Morgan fingerprint density at radius 3 is 2.54 bits per heavy atom. The van der Waals surface area contributed by atoms with Crippen LogP contribution in [-0.4, -0.2) is 44.0 Å². The Kier molecular flexibility index (Phi) is 6.57. The maximum atomic E-state index is 12.8. The van der Waals surface area contributed by atoms with E-state index in [-0.39, 0.29) is 23.8 Å². The van der Waals surface area contributed by atoms with E-state index in [4.69, 9.17) is 9.47 Å². The minimum Gasteiger partial charge on any atom is -0.497 e. The van der Waals surface area contributed by atoms with Gasteiger partial charge in [-0.05, 0) is 49.4 Å². The predicted molar refractivity (Wildman–Crippen MR) is 109 cm³/mol. The molecule has 0 unspecified atom stereocenters. The summed E-state index contributed by atoms with van der Waals surface area (Å²) in [5.74, 6) is 1.41. The number of benzene rings is 1. The number of rotatable bonds is 6. The third kappa shape index (κ3) is 4.47. The summed E-state index contributed by atoms with van der Waals surface area (Å²) >= 11 is 1.45. The van der Waals surface area contributed by atoms with Crippen molar-refractivity contribution in [3.8, 4) is 11.5 Å². The topological polar surface area (TPSA) is 67.9 Å². The Morgan fingerprint density at radius 1 is 1.18 bits per heavy atom. The Morgan fingerprint density at radius 2 is 1.93 bits per heavy atom. The number of carbonyl (C=O) groups excluding carboxylic acids is 2. The molecule has 2 amide bonds. The SMILES string of the molecule is COc1ccc(OC)c([C@H](C)NC(=O)C2CCN(C(=O)c3cccs3)CC2)c1. The number of amides is 2. The van der Waals surface area contributed by atoms with Gasteiger partial charge in [-0.25, -0.2) is 0 Å². The van der Waals surface area contributed by atoms with Crippen LogP contribution < -0.4 is 14.8 Å². The molecule has 28 heavy (non-hydrogen) atoms. The number of piperidine rings is 1. The molecule has 0 spiro atoms. The molecule has 6 nitrogen and oxygen atoms in total. The van der Waals surface area contributed by atoms with Gasteiger partial charge < -0.3 is 19.7 Å². The lowest BCUT2D eigenvalue weighted by Gasteiger charge is -2.31. The van der Waals surface area contributed by atoms with E-state index >= 15 is 0 Å². The van der Waals surface area contributed by atoms with Gasteiger partial charge in [-0.3, -0.25) is 9.59 Å². The number of thiophene rings is 1. The molecule has 1 aromatic carbocycles. The van der Waals surface area contributed by atoms with Crippen molar-refractivity contribution in [3.05, 3.63) is 46.2 Å². The van der Waals surface area contributed by atoms with Gasteiger partial charge in [0, 0.05) is 24.6 Å². The molecule has 1 aliphatic heterocycles. The fourth-order valence-electron chi connectivity index (χ4n) is 3.49. The van der Waals surface area contributed by atoms with E-state index in [1.807, 2.05) is 47.5 Å². The van der Waals surface area contributed by atoms with Crippen molar-refractivity contribution in [2.75, 3.05) is 27.3 Å². The number of nitrogens with zero attached hydrogens (tertiary/aromatic N) is 1. The average Bonchev–Trinajstić information content (AvgIpc) is 3.27. The number of likely N-dealkylation sites (tertiary alicyclic amines) is 1. The molecule has 0 bridgehead atoms. The van der Waals surface area contributed by atoms with Gasteiger partial charge >= 0.3 is 0 Å². The molecule has 150 valence electrons. The second kappa shape index (κ2) is 9.10. The molecule has 1 aliphatic rings. The monoisotopic (exact) mass is 402 g/mol. The highest BCUT2D eigenvalue weighted by Gasteiger charge is 2.29.